The van der Waals surface area contributed by atoms with E-state index in [1.165, 1.54) is 19.4 Å². The van der Waals surface area contributed by atoms with Gasteiger partial charge < -0.3 is 9.64 Å². The normalized spacial score (nSPS) is 43.7. The van der Waals surface area contributed by atoms with Gasteiger partial charge in [0.25, 0.3) is 0 Å². The second-order valence-corrected chi connectivity index (χ2v) is 3.06. The van der Waals surface area contributed by atoms with Gasteiger partial charge >= 0.3 is 0 Å². The van der Waals surface area contributed by atoms with E-state index in [0.29, 0.717) is 6.10 Å². The highest BCUT2D eigenvalue weighted by atomic mass is 16.6. The van der Waals surface area contributed by atoms with Crippen molar-refractivity contribution in [1.82, 2.24) is 4.90 Å². The van der Waals surface area contributed by atoms with E-state index in [0.717, 1.165) is 12.6 Å². The molecule has 52 valence electrons. The van der Waals surface area contributed by atoms with E-state index >= 15 is 0 Å². The standard InChI is InChI=1S/C7H13NO/c1-8-4-2-3-6(8)7-5-9-7/h6-7H,2-5H2,1H3/t6-,7+/m1/s1. The molecule has 0 aliphatic carbocycles. The molecular weight excluding hydrogens is 114 g/mol. The first-order valence-electron chi connectivity index (χ1n) is 3.70. The highest BCUT2D eigenvalue weighted by molar-refractivity contribution is 4.89. The van der Waals surface area contributed by atoms with Gasteiger partial charge in [-0.1, -0.05) is 0 Å². The summed E-state index contributed by atoms with van der Waals surface area (Å²) in [7, 11) is 2.19. The van der Waals surface area contributed by atoms with Crippen molar-refractivity contribution in [2.45, 2.75) is 25.0 Å². The lowest BCUT2D eigenvalue weighted by atomic mass is 10.2. The van der Waals surface area contributed by atoms with Crippen LogP contribution in [-0.2, 0) is 4.74 Å². The van der Waals surface area contributed by atoms with Gasteiger partial charge in [0.2, 0.25) is 0 Å². The van der Waals surface area contributed by atoms with Crippen molar-refractivity contribution in [3.8, 4) is 0 Å². The fraction of sp³-hybridized carbons (Fsp3) is 1.00. The van der Waals surface area contributed by atoms with Gasteiger partial charge in [0.05, 0.1) is 12.7 Å². The van der Waals surface area contributed by atoms with Crippen LogP contribution >= 0.6 is 0 Å². The molecule has 0 aromatic heterocycles. The number of hydrogen-bond donors (Lipinski definition) is 0. The maximum absolute atomic E-state index is 5.22. The average Bonchev–Trinajstić information content (AvgIpc) is 2.58. The SMILES string of the molecule is CN1CCC[C@@H]1[C@@H]1CO1. The third kappa shape index (κ3) is 0.970. The number of nitrogens with zero attached hydrogens (tertiary/aromatic N) is 1. The predicted octanol–water partition coefficient (Wildman–Crippen LogP) is 0.479. The Morgan fingerprint density at radius 3 is 2.78 bits per heavy atom. The zero-order valence-electron chi connectivity index (χ0n) is 5.84. The van der Waals surface area contributed by atoms with Crippen molar-refractivity contribution in [2.24, 2.45) is 0 Å². The lowest BCUT2D eigenvalue weighted by Crippen LogP contribution is -2.29. The van der Waals surface area contributed by atoms with Gasteiger partial charge in [-0.3, -0.25) is 0 Å². The van der Waals surface area contributed by atoms with Crippen molar-refractivity contribution in [2.75, 3.05) is 20.2 Å². The highest BCUT2D eigenvalue weighted by Crippen LogP contribution is 2.26. The molecule has 9 heavy (non-hydrogen) atoms. The van der Waals surface area contributed by atoms with Gasteiger partial charge in [-0.15, -0.1) is 0 Å². The molecule has 0 N–H and O–H groups in total. The molecule has 0 unspecified atom stereocenters. The largest absolute Gasteiger partial charge is 0.371 e. The minimum atomic E-state index is 0.595. The summed E-state index contributed by atoms with van der Waals surface area (Å²) in [4.78, 5) is 2.41. The third-order valence-corrected chi connectivity index (χ3v) is 2.37. The van der Waals surface area contributed by atoms with E-state index in [4.69, 9.17) is 4.74 Å². The number of likely N-dealkylation sites (N-methyl/N-ethyl adjacent to an activating group) is 1. The molecule has 2 heterocycles. The Hall–Kier alpha value is -0.0800. The van der Waals surface area contributed by atoms with Crippen molar-refractivity contribution >= 4 is 0 Å². The lowest BCUT2D eigenvalue weighted by molar-refractivity contribution is 0.245. The van der Waals surface area contributed by atoms with Crippen LogP contribution in [0.15, 0.2) is 0 Å². The van der Waals surface area contributed by atoms with Crippen molar-refractivity contribution in [1.29, 1.82) is 0 Å². The maximum Gasteiger partial charge on any atom is 0.0964 e. The molecule has 0 amide bonds. The molecule has 2 fully saturated rings. The topological polar surface area (TPSA) is 15.8 Å². The van der Waals surface area contributed by atoms with Crippen molar-refractivity contribution < 1.29 is 4.74 Å². The molecular formula is C7H13NO. The average molecular weight is 127 g/mol. The van der Waals surface area contributed by atoms with Gasteiger partial charge in [0, 0.05) is 6.04 Å². The lowest BCUT2D eigenvalue weighted by Gasteiger charge is -2.15. The number of epoxide rings is 1. The smallest absolute Gasteiger partial charge is 0.0964 e. The number of hydrogen-bond acceptors (Lipinski definition) is 2. The van der Waals surface area contributed by atoms with Crippen LogP contribution in [0, 0.1) is 0 Å². The summed E-state index contributed by atoms with van der Waals surface area (Å²) in [5.41, 5.74) is 0. The Labute approximate surface area is 55.8 Å². The summed E-state index contributed by atoms with van der Waals surface area (Å²) in [6.07, 6.45) is 3.31. The predicted molar refractivity (Wildman–Crippen MR) is 35.4 cm³/mol. The van der Waals surface area contributed by atoms with Crippen LogP contribution < -0.4 is 0 Å². The van der Waals surface area contributed by atoms with E-state index in [1.54, 1.807) is 0 Å². The second-order valence-electron chi connectivity index (χ2n) is 3.06. The molecule has 2 rings (SSSR count). The molecule has 0 saturated carbocycles. The minimum absolute atomic E-state index is 0.595. The van der Waals surface area contributed by atoms with Gasteiger partial charge in [0.15, 0.2) is 0 Å². The fourth-order valence-corrected chi connectivity index (χ4v) is 1.68. The zero-order valence-corrected chi connectivity index (χ0v) is 5.84. The quantitative estimate of drug-likeness (QED) is 0.476. The summed E-state index contributed by atoms with van der Waals surface area (Å²) < 4.78 is 5.22. The van der Waals surface area contributed by atoms with Crippen LogP contribution in [0.1, 0.15) is 12.8 Å². The van der Waals surface area contributed by atoms with Crippen LogP contribution in [0.5, 0.6) is 0 Å². The van der Waals surface area contributed by atoms with Crippen LogP contribution in [0.3, 0.4) is 0 Å². The van der Waals surface area contributed by atoms with Gasteiger partial charge in [-0.05, 0) is 26.4 Å². The Balaban J connectivity index is 1.93. The van der Waals surface area contributed by atoms with Gasteiger partial charge in [0.1, 0.15) is 0 Å². The fourth-order valence-electron chi connectivity index (χ4n) is 1.68. The summed E-state index contributed by atoms with van der Waals surface area (Å²) in [6, 6.07) is 0.755. The van der Waals surface area contributed by atoms with E-state index in [2.05, 4.69) is 11.9 Å². The van der Waals surface area contributed by atoms with Gasteiger partial charge in [-0.2, -0.15) is 0 Å². The third-order valence-electron chi connectivity index (χ3n) is 2.37. The molecule has 2 saturated heterocycles. The molecule has 2 aliphatic rings. The Kier molecular flexibility index (Phi) is 1.24. The summed E-state index contributed by atoms with van der Waals surface area (Å²) >= 11 is 0. The number of rotatable bonds is 1. The highest BCUT2D eigenvalue weighted by Gasteiger charge is 2.37. The number of ether oxygens (including phenoxy) is 1. The molecule has 0 bridgehead atoms. The first-order chi connectivity index (χ1) is 4.38. The molecule has 2 aliphatic heterocycles. The minimum Gasteiger partial charge on any atom is -0.371 e. The zero-order chi connectivity index (χ0) is 6.27. The first kappa shape index (κ1) is 5.69. The summed E-state index contributed by atoms with van der Waals surface area (Å²) in [5.74, 6) is 0. The molecule has 0 radical (unpaired) electrons. The van der Waals surface area contributed by atoms with Crippen LogP contribution in [0.4, 0.5) is 0 Å². The van der Waals surface area contributed by atoms with Crippen LogP contribution in [0.25, 0.3) is 0 Å². The first-order valence-corrected chi connectivity index (χ1v) is 3.70. The number of likely N-dealkylation sites (tertiary alicyclic amines) is 1. The monoisotopic (exact) mass is 127 g/mol. The van der Waals surface area contributed by atoms with Crippen LogP contribution in [-0.4, -0.2) is 37.2 Å². The molecule has 0 aromatic rings. The molecule has 0 aromatic carbocycles. The van der Waals surface area contributed by atoms with E-state index in [9.17, 15) is 0 Å². The van der Waals surface area contributed by atoms with E-state index in [-0.39, 0.29) is 0 Å². The Morgan fingerprint density at radius 1 is 1.56 bits per heavy atom. The second kappa shape index (κ2) is 1.96. The van der Waals surface area contributed by atoms with Crippen LogP contribution in [0.2, 0.25) is 0 Å². The molecule has 0 spiro atoms. The summed E-state index contributed by atoms with van der Waals surface area (Å²) in [6.45, 7) is 2.28. The van der Waals surface area contributed by atoms with Gasteiger partial charge in [-0.25, -0.2) is 0 Å². The van der Waals surface area contributed by atoms with E-state index in [1.807, 2.05) is 0 Å². The van der Waals surface area contributed by atoms with Crippen molar-refractivity contribution in [3.63, 3.8) is 0 Å². The Morgan fingerprint density at radius 2 is 2.33 bits per heavy atom. The van der Waals surface area contributed by atoms with E-state index < -0.39 is 0 Å². The summed E-state index contributed by atoms with van der Waals surface area (Å²) in [5, 5.41) is 0. The van der Waals surface area contributed by atoms with Crippen molar-refractivity contribution in [3.05, 3.63) is 0 Å². The molecule has 2 heteroatoms. The molecule has 2 atom stereocenters. The molecule has 2 nitrogen and oxygen atoms in total. The Bertz CT molecular complexity index is 111. The maximum atomic E-state index is 5.22.